The van der Waals surface area contributed by atoms with Crippen molar-refractivity contribution >= 4 is 11.0 Å². The molecule has 0 aliphatic heterocycles. The molecule has 0 saturated carbocycles. The summed E-state index contributed by atoms with van der Waals surface area (Å²) in [6, 6.07) is 12.7. The van der Waals surface area contributed by atoms with Crippen molar-refractivity contribution in [2.24, 2.45) is 0 Å². The zero-order valence-corrected chi connectivity index (χ0v) is 12.3. The third-order valence-corrected chi connectivity index (χ3v) is 3.77. The van der Waals surface area contributed by atoms with Gasteiger partial charge in [0.05, 0.1) is 5.52 Å². The molecule has 23 heavy (non-hydrogen) atoms. The van der Waals surface area contributed by atoms with E-state index in [4.69, 9.17) is 5.26 Å². The van der Waals surface area contributed by atoms with E-state index in [2.05, 4.69) is 4.98 Å². The van der Waals surface area contributed by atoms with Gasteiger partial charge in [0.1, 0.15) is 23.3 Å². The number of H-pyrrole nitrogens is 1. The number of aromatic amines is 1. The van der Waals surface area contributed by atoms with Gasteiger partial charge in [0.2, 0.25) is 0 Å². The van der Waals surface area contributed by atoms with Crippen molar-refractivity contribution < 1.29 is 5.11 Å². The first-order valence-electron chi connectivity index (χ1n) is 7.01. The van der Waals surface area contributed by atoms with E-state index in [1.807, 2.05) is 37.3 Å². The molecule has 0 radical (unpaired) electrons. The largest absolute Gasteiger partial charge is 0.504 e. The maximum atomic E-state index is 11.8. The predicted molar refractivity (Wildman–Crippen MR) is 84.4 cm³/mol. The standard InChI is InChI=1S/C17H12N4O2/c1-2-10-3-5-11(6-4-10)21-12(8-18)7-14-15(21)16(22)13(9-19)17(23)20-14/h3-7H,2H2,1H3,(H2,20,22,23). The molecule has 0 fully saturated rings. The Morgan fingerprint density at radius 1 is 1.22 bits per heavy atom. The van der Waals surface area contributed by atoms with Gasteiger partial charge in [-0.3, -0.25) is 9.36 Å². The molecule has 0 atom stereocenters. The summed E-state index contributed by atoms with van der Waals surface area (Å²) < 4.78 is 1.53. The molecular weight excluding hydrogens is 292 g/mol. The molecule has 1 aromatic carbocycles. The zero-order chi connectivity index (χ0) is 16.6. The van der Waals surface area contributed by atoms with Gasteiger partial charge in [0, 0.05) is 5.69 Å². The Morgan fingerprint density at radius 3 is 2.48 bits per heavy atom. The quantitative estimate of drug-likeness (QED) is 0.757. The minimum atomic E-state index is -0.680. The van der Waals surface area contributed by atoms with Gasteiger partial charge < -0.3 is 10.1 Å². The third kappa shape index (κ3) is 2.14. The zero-order valence-electron chi connectivity index (χ0n) is 12.3. The maximum absolute atomic E-state index is 11.8. The molecule has 0 bridgehead atoms. The van der Waals surface area contributed by atoms with Crippen LogP contribution in [-0.4, -0.2) is 14.7 Å². The second-order valence-electron chi connectivity index (χ2n) is 5.05. The van der Waals surface area contributed by atoms with E-state index >= 15 is 0 Å². The number of aromatic hydroxyl groups is 1. The van der Waals surface area contributed by atoms with Gasteiger partial charge in [-0.1, -0.05) is 19.1 Å². The number of rotatable bonds is 2. The van der Waals surface area contributed by atoms with Crippen molar-refractivity contribution in [2.45, 2.75) is 13.3 Å². The first-order chi connectivity index (χ1) is 11.1. The van der Waals surface area contributed by atoms with Gasteiger partial charge in [-0.25, -0.2) is 0 Å². The average molecular weight is 304 g/mol. The lowest BCUT2D eigenvalue weighted by atomic mass is 10.1. The van der Waals surface area contributed by atoms with Crippen LogP contribution in [0.15, 0.2) is 35.1 Å². The lowest BCUT2D eigenvalue weighted by Crippen LogP contribution is -2.10. The van der Waals surface area contributed by atoms with Gasteiger partial charge in [-0.2, -0.15) is 10.5 Å². The normalized spacial score (nSPS) is 10.4. The highest BCUT2D eigenvalue weighted by atomic mass is 16.3. The molecule has 2 N–H and O–H groups in total. The van der Waals surface area contributed by atoms with Crippen LogP contribution >= 0.6 is 0 Å². The number of aryl methyl sites for hydroxylation is 1. The fourth-order valence-electron chi connectivity index (χ4n) is 2.58. The molecule has 2 heterocycles. The summed E-state index contributed by atoms with van der Waals surface area (Å²) in [5.74, 6) is -0.424. The van der Waals surface area contributed by atoms with Crippen molar-refractivity contribution in [3.05, 3.63) is 57.5 Å². The Labute approximate surface area is 131 Å². The van der Waals surface area contributed by atoms with E-state index in [-0.39, 0.29) is 16.8 Å². The Morgan fingerprint density at radius 2 is 1.91 bits per heavy atom. The molecule has 0 unspecified atom stereocenters. The van der Waals surface area contributed by atoms with Gasteiger partial charge in [-0.15, -0.1) is 0 Å². The fraction of sp³-hybridized carbons (Fsp3) is 0.118. The van der Waals surface area contributed by atoms with Crippen molar-refractivity contribution in [3.63, 3.8) is 0 Å². The molecule has 3 aromatic rings. The second kappa shape index (κ2) is 5.36. The van der Waals surface area contributed by atoms with Crippen molar-refractivity contribution in [1.82, 2.24) is 9.55 Å². The van der Waals surface area contributed by atoms with E-state index in [0.29, 0.717) is 11.2 Å². The summed E-state index contributed by atoms with van der Waals surface area (Å²) in [5.41, 5.74) is 1.56. The van der Waals surface area contributed by atoms with Crippen LogP contribution in [0, 0.1) is 22.7 Å². The van der Waals surface area contributed by atoms with Crippen LogP contribution in [0.3, 0.4) is 0 Å². The number of aromatic nitrogens is 2. The minimum absolute atomic E-state index is 0.238. The summed E-state index contributed by atoms with van der Waals surface area (Å²) in [6.07, 6.45) is 0.884. The number of pyridine rings is 1. The molecule has 112 valence electrons. The van der Waals surface area contributed by atoms with E-state index in [9.17, 15) is 15.2 Å². The fourth-order valence-corrected chi connectivity index (χ4v) is 2.58. The van der Waals surface area contributed by atoms with Crippen LogP contribution in [0.5, 0.6) is 5.75 Å². The first-order valence-corrected chi connectivity index (χ1v) is 7.01. The average Bonchev–Trinajstić information content (AvgIpc) is 2.93. The Balaban J connectivity index is 2.41. The molecule has 3 rings (SSSR count). The van der Waals surface area contributed by atoms with E-state index in [1.54, 1.807) is 6.07 Å². The topological polar surface area (TPSA) is 106 Å². The number of nitrogens with zero attached hydrogens (tertiary/aromatic N) is 3. The first kappa shape index (κ1) is 14.4. The summed E-state index contributed by atoms with van der Waals surface area (Å²) in [5, 5.41) is 28.7. The lowest BCUT2D eigenvalue weighted by Gasteiger charge is -2.09. The van der Waals surface area contributed by atoms with Crippen LogP contribution in [-0.2, 0) is 6.42 Å². The number of nitriles is 2. The summed E-state index contributed by atoms with van der Waals surface area (Å²) >= 11 is 0. The lowest BCUT2D eigenvalue weighted by molar-refractivity contribution is 0.476. The molecule has 0 saturated heterocycles. The minimum Gasteiger partial charge on any atom is -0.504 e. The van der Waals surface area contributed by atoms with E-state index < -0.39 is 11.3 Å². The monoisotopic (exact) mass is 304 g/mol. The molecule has 0 aliphatic rings. The SMILES string of the molecule is CCc1ccc(-n2c(C#N)cc3[nH]c(=O)c(C#N)c(O)c32)cc1. The van der Waals surface area contributed by atoms with Crippen LogP contribution in [0.25, 0.3) is 16.7 Å². The van der Waals surface area contributed by atoms with Crippen molar-refractivity contribution in [1.29, 1.82) is 10.5 Å². The van der Waals surface area contributed by atoms with Crippen LogP contribution in [0.1, 0.15) is 23.7 Å². The summed E-state index contributed by atoms with van der Waals surface area (Å²) in [7, 11) is 0. The van der Waals surface area contributed by atoms with Crippen LogP contribution in [0.2, 0.25) is 0 Å². The second-order valence-corrected chi connectivity index (χ2v) is 5.05. The molecule has 0 aliphatic carbocycles. The van der Waals surface area contributed by atoms with Crippen molar-refractivity contribution in [2.75, 3.05) is 0 Å². The predicted octanol–water partition coefficient (Wildman–Crippen LogP) is 2.33. The van der Waals surface area contributed by atoms with Crippen LogP contribution in [0.4, 0.5) is 0 Å². The summed E-state index contributed by atoms with van der Waals surface area (Å²) in [6.45, 7) is 2.04. The number of fused-ring (bicyclic) bond motifs is 1. The molecule has 6 nitrogen and oxygen atoms in total. The number of benzene rings is 1. The van der Waals surface area contributed by atoms with Crippen LogP contribution < -0.4 is 5.56 Å². The molecule has 6 heteroatoms. The van der Waals surface area contributed by atoms with Gasteiger partial charge in [0.15, 0.2) is 11.3 Å². The van der Waals surface area contributed by atoms with Crippen molar-refractivity contribution in [3.8, 4) is 23.6 Å². The maximum Gasteiger partial charge on any atom is 0.270 e. The highest BCUT2D eigenvalue weighted by Crippen LogP contribution is 2.30. The van der Waals surface area contributed by atoms with Gasteiger partial charge in [0.25, 0.3) is 5.56 Å². The third-order valence-electron chi connectivity index (χ3n) is 3.77. The highest BCUT2D eigenvalue weighted by Gasteiger charge is 2.19. The van der Waals surface area contributed by atoms with E-state index in [1.165, 1.54) is 10.6 Å². The highest BCUT2D eigenvalue weighted by molar-refractivity contribution is 5.87. The van der Waals surface area contributed by atoms with E-state index in [0.717, 1.165) is 12.0 Å². The molecule has 0 spiro atoms. The Bertz CT molecular complexity index is 1040. The molecule has 2 aromatic heterocycles. The molecule has 0 amide bonds. The Hall–Kier alpha value is -3.51. The number of nitrogens with one attached hydrogen (secondary N) is 1. The smallest absolute Gasteiger partial charge is 0.270 e. The Kier molecular flexibility index (Phi) is 3.36. The summed E-state index contributed by atoms with van der Waals surface area (Å²) in [4.78, 5) is 14.3. The number of hydrogen-bond donors (Lipinski definition) is 2. The van der Waals surface area contributed by atoms with Gasteiger partial charge >= 0.3 is 0 Å². The van der Waals surface area contributed by atoms with Gasteiger partial charge in [-0.05, 0) is 30.2 Å². The number of hydrogen-bond acceptors (Lipinski definition) is 4. The molecular formula is C17H12N4O2.